The molecule has 0 saturated heterocycles. The third-order valence-electron chi connectivity index (χ3n) is 3.15. The number of carbonyl (C=O) groups is 1. The van der Waals surface area contributed by atoms with Gasteiger partial charge in [-0.25, -0.2) is 0 Å². The number of rotatable bonds is 7. The zero-order valence-electron chi connectivity index (χ0n) is 12.2. The first-order valence-corrected chi connectivity index (χ1v) is 7.73. The highest BCUT2D eigenvalue weighted by atomic mass is 35.5. The van der Waals surface area contributed by atoms with E-state index in [-0.39, 0.29) is 18.0 Å². The van der Waals surface area contributed by atoms with E-state index < -0.39 is 0 Å². The normalized spacial score (nSPS) is 13.8. The van der Waals surface area contributed by atoms with Gasteiger partial charge in [-0.15, -0.1) is 0 Å². The molecule has 2 atom stereocenters. The average Bonchev–Trinajstić information content (AvgIpc) is 2.44. The minimum absolute atomic E-state index is 0.0189. The van der Waals surface area contributed by atoms with E-state index in [9.17, 15) is 4.79 Å². The summed E-state index contributed by atoms with van der Waals surface area (Å²) in [5.74, 6) is 0.0189. The van der Waals surface area contributed by atoms with E-state index in [0.717, 1.165) is 18.4 Å². The van der Waals surface area contributed by atoms with Gasteiger partial charge in [0.05, 0.1) is 16.1 Å². The fourth-order valence-corrected chi connectivity index (χ4v) is 2.26. The van der Waals surface area contributed by atoms with Crippen LogP contribution in [0.3, 0.4) is 0 Å². The zero-order chi connectivity index (χ0) is 15.1. The maximum atomic E-state index is 11.9. The summed E-state index contributed by atoms with van der Waals surface area (Å²) in [5.41, 5.74) is 1.04. The molecule has 0 radical (unpaired) electrons. The second-order valence-corrected chi connectivity index (χ2v) is 5.63. The maximum Gasteiger partial charge on any atom is 0.236 e. The molecule has 0 aromatic heterocycles. The summed E-state index contributed by atoms with van der Waals surface area (Å²) in [6.45, 7) is 6.67. The number of amides is 1. The standard InChI is InChI=1S/C15H22Cl2N2O/c1-4-8-18-15(20)10(3)19-14(5-2)11-6-7-12(16)13(17)9-11/h6-7,9-10,14,19H,4-5,8H2,1-3H3,(H,18,20). The molecule has 2 unspecified atom stereocenters. The SMILES string of the molecule is CCCNC(=O)C(C)NC(CC)c1ccc(Cl)c(Cl)c1. The number of carbonyl (C=O) groups excluding carboxylic acids is 1. The third-order valence-corrected chi connectivity index (χ3v) is 3.89. The monoisotopic (exact) mass is 316 g/mol. The Kier molecular flexibility index (Phi) is 7.35. The van der Waals surface area contributed by atoms with Crippen molar-refractivity contribution < 1.29 is 4.79 Å². The van der Waals surface area contributed by atoms with E-state index in [1.807, 2.05) is 26.0 Å². The van der Waals surface area contributed by atoms with Crippen LogP contribution in [0, 0.1) is 0 Å². The first kappa shape index (κ1) is 17.3. The first-order chi connectivity index (χ1) is 9.49. The Morgan fingerprint density at radius 2 is 1.95 bits per heavy atom. The maximum absolute atomic E-state index is 11.9. The molecule has 0 spiro atoms. The molecule has 112 valence electrons. The molecule has 2 N–H and O–H groups in total. The van der Waals surface area contributed by atoms with Crippen LogP contribution >= 0.6 is 23.2 Å². The summed E-state index contributed by atoms with van der Waals surface area (Å²) in [5, 5.41) is 7.28. The topological polar surface area (TPSA) is 41.1 Å². The molecule has 3 nitrogen and oxygen atoms in total. The van der Waals surface area contributed by atoms with Crippen LogP contribution in [0.2, 0.25) is 10.0 Å². The van der Waals surface area contributed by atoms with Crippen molar-refractivity contribution >= 4 is 29.1 Å². The summed E-state index contributed by atoms with van der Waals surface area (Å²) in [7, 11) is 0. The Balaban J connectivity index is 2.71. The lowest BCUT2D eigenvalue weighted by molar-refractivity contribution is -0.122. The van der Waals surface area contributed by atoms with Crippen LogP contribution in [0.15, 0.2) is 18.2 Å². The quantitative estimate of drug-likeness (QED) is 0.799. The van der Waals surface area contributed by atoms with E-state index in [4.69, 9.17) is 23.2 Å². The van der Waals surface area contributed by atoms with Crippen LogP contribution in [-0.4, -0.2) is 18.5 Å². The highest BCUT2D eigenvalue weighted by Gasteiger charge is 2.18. The molecule has 0 saturated carbocycles. The summed E-state index contributed by atoms with van der Waals surface area (Å²) >= 11 is 12.0. The van der Waals surface area contributed by atoms with Crippen molar-refractivity contribution in [3.05, 3.63) is 33.8 Å². The minimum atomic E-state index is -0.249. The van der Waals surface area contributed by atoms with Crippen LogP contribution < -0.4 is 10.6 Å². The molecule has 0 aliphatic carbocycles. The highest BCUT2D eigenvalue weighted by molar-refractivity contribution is 6.42. The van der Waals surface area contributed by atoms with Gasteiger partial charge in [-0.3, -0.25) is 10.1 Å². The van der Waals surface area contributed by atoms with Crippen molar-refractivity contribution in [1.29, 1.82) is 0 Å². The number of halogens is 2. The van der Waals surface area contributed by atoms with Crippen LogP contribution in [0.5, 0.6) is 0 Å². The number of benzene rings is 1. The van der Waals surface area contributed by atoms with Crippen LogP contribution in [0.25, 0.3) is 0 Å². The molecule has 20 heavy (non-hydrogen) atoms. The zero-order valence-corrected chi connectivity index (χ0v) is 13.7. The van der Waals surface area contributed by atoms with Gasteiger partial charge in [-0.2, -0.15) is 0 Å². The molecule has 1 rings (SSSR count). The third kappa shape index (κ3) is 4.97. The van der Waals surface area contributed by atoms with Crippen molar-refractivity contribution in [1.82, 2.24) is 10.6 Å². The van der Waals surface area contributed by atoms with Crippen molar-refractivity contribution in [2.24, 2.45) is 0 Å². The lowest BCUT2D eigenvalue weighted by Gasteiger charge is -2.22. The fraction of sp³-hybridized carbons (Fsp3) is 0.533. The smallest absolute Gasteiger partial charge is 0.236 e. The second kappa shape index (κ2) is 8.50. The Bertz CT molecular complexity index is 451. The van der Waals surface area contributed by atoms with Gasteiger partial charge in [0.2, 0.25) is 5.91 Å². The van der Waals surface area contributed by atoms with Crippen LogP contribution in [-0.2, 0) is 4.79 Å². The largest absolute Gasteiger partial charge is 0.355 e. The van der Waals surface area contributed by atoms with Gasteiger partial charge < -0.3 is 5.32 Å². The summed E-state index contributed by atoms with van der Waals surface area (Å²) < 4.78 is 0. The second-order valence-electron chi connectivity index (χ2n) is 4.81. The first-order valence-electron chi connectivity index (χ1n) is 6.98. The Morgan fingerprint density at radius 3 is 2.50 bits per heavy atom. The Hall–Kier alpha value is -0.770. The molecule has 0 fully saturated rings. The van der Waals surface area contributed by atoms with Crippen molar-refractivity contribution in [2.75, 3.05) is 6.54 Å². The predicted octanol–water partition coefficient (Wildman–Crippen LogP) is 3.95. The van der Waals surface area contributed by atoms with Crippen molar-refractivity contribution in [3.8, 4) is 0 Å². The molecule has 1 aromatic carbocycles. The van der Waals surface area contributed by atoms with Gasteiger partial charge in [-0.1, -0.05) is 43.1 Å². The Labute approximate surface area is 131 Å². The van der Waals surface area contributed by atoms with E-state index in [2.05, 4.69) is 17.6 Å². The summed E-state index contributed by atoms with van der Waals surface area (Å²) in [6.07, 6.45) is 1.80. The molecular weight excluding hydrogens is 295 g/mol. The lowest BCUT2D eigenvalue weighted by atomic mass is 10.0. The summed E-state index contributed by atoms with van der Waals surface area (Å²) in [6, 6.07) is 5.40. The molecule has 0 bridgehead atoms. The van der Waals surface area contributed by atoms with E-state index in [1.54, 1.807) is 6.07 Å². The van der Waals surface area contributed by atoms with Gasteiger partial charge in [0.1, 0.15) is 0 Å². The lowest BCUT2D eigenvalue weighted by Crippen LogP contribution is -2.43. The van der Waals surface area contributed by atoms with Gasteiger partial charge in [0.25, 0.3) is 0 Å². The molecule has 1 aromatic rings. The number of hydrogen-bond acceptors (Lipinski definition) is 2. The molecule has 0 aliphatic rings. The van der Waals surface area contributed by atoms with E-state index in [0.29, 0.717) is 16.6 Å². The van der Waals surface area contributed by atoms with E-state index in [1.165, 1.54) is 0 Å². The van der Waals surface area contributed by atoms with Crippen molar-refractivity contribution in [3.63, 3.8) is 0 Å². The van der Waals surface area contributed by atoms with Crippen LogP contribution in [0.1, 0.15) is 45.2 Å². The average molecular weight is 317 g/mol. The Morgan fingerprint density at radius 1 is 1.25 bits per heavy atom. The van der Waals surface area contributed by atoms with Gasteiger partial charge in [0, 0.05) is 12.6 Å². The molecule has 0 aliphatic heterocycles. The molecule has 1 amide bonds. The van der Waals surface area contributed by atoms with Gasteiger partial charge in [-0.05, 0) is 37.5 Å². The van der Waals surface area contributed by atoms with Crippen LogP contribution in [0.4, 0.5) is 0 Å². The number of hydrogen-bond donors (Lipinski definition) is 2. The van der Waals surface area contributed by atoms with Gasteiger partial charge >= 0.3 is 0 Å². The summed E-state index contributed by atoms with van der Waals surface area (Å²) in [4.78, 5) is 11.9. The van der Waals surface area contributed by atoms with Gasteiger partial charge in [0.15, 0.2) is 0 Å². The molecular formula is C15H22Cl2N2O. The number of nitrogens with one attached hydrogen (secondary N) is 2. The fourth-order valence-electron chi connectivity index (χ4n) is 1.96. The van der Waals surface area contributed by atoms with Crippen molar-refractivity contribution in [2.45, 2.75) is 45.7 Å². The molecule has 0 heterocycles. The van der Waals surface area contributed by atoms with E-state index >= 15 is 0 Å². The predicted molar refractivity (Wildman–Crippen MR) is 85.4 cm³/mol. The minimum Gasteiger partial charge on any atom is -0.355 e. The highest BCUT2D eigenvalue weighted by Crippen LogP contribution is 2.27. The molecule has 5 heteroatoms.